The molecule has 1 atom stereocenters. The van der Waals surface area contributed by atoms with Crippen molar-refractivity contribution < 1.29 is 14.6 Å². The maximum atomic E-state index is 11.4. The predicted molar refractivity (Wildman–Crippen MR) is 56.7 cm³/mol. The molecule has 5 heteroatoms. The van der Waals surface area contributed by atoms with Gasteiger partial charge in [-0.2, -0.15) is 0 Å². The van der Waals surface area contributed by atoms with E-state index in [-0.39, 0.29) is 25.4 Å². The molecule has 15 heavy (non-hydrogen) atoms. The van der Waals surface area contributed by atoms with E-state index in [2.05, 4.69) is 0 Å². The van der Waals surface area contributed by atoms with Crippen LogP contribution < -0.4 is 5.73 Å². The van der Waals surface area contributed by atoms with Gasteiger partial charge in [0.1, 0.15) is 0 Å². The van der Waals surface area contributed by atoms with Crippen LogP contribution >= 0.6 is 12.4 Å². The molecule has 1 aliphatic heterocycles. The zero-order valence-corrected chi connectivity index (χ0v) is 8.79. The van der Waals surface area contributed by atoms with Crippen molar-refractivity contribution >= 4 is 18.4 Å². The Bertz CT molecular complexity index is 383. The molecule has 0 amide bonds. The van der Waals surface area contributed by atoms with Crippen LogP contribution in [-0.2, 0) is 10.5 Å². The highest BCUT2D eigenvalue weighted by atomic mass is 35.5. The second kappa shape index (κ2) is 4.18. The average Bonchev–Trinajstić information content (AvgIpc) is 2.41. The van der Waals surface area contributed by atoms with Gasteiger partial charge in [0.15, 0.2) is 5.72 Å². The molecule has 1 unspecified atom stereocenters. The van der Waals surface area contributed by atoms with Crippen LogP contribution in [0.3, 0.4) is 0 Å². The standard InChI is InChI=1S/C10H11NO3.ClH/c11-10(5-6-12)8-4-2-1-3-7(8)9(13)14-10;/h1-4,12H,5-6,11H2;1H. The van der Waals surface area contributed by atoms with E-state index < -0.39 is 11.7 Å². The van der Waals surface area contributed by atoms with Crippen molar-refractivity contribution in [3.63, 3.8) is 0 Å². The summed E-state index contributed by atoms with van der Waals surface area (Å²) in [6.07, 6.45) is 0.218. The number of aliphatic hydroxyl groups is 1. The largest absolute Gasteiger partial charge is 0.436 e. The van der Waals surface area contributed by atoms with E-state index in [0.717, 1.165) is 0 Å². The SMILES string of the molecule is Cl.NC1(CCO)OC(=O)c2ccccc21. The molecule has 3 N–H and O–H groups in total. The lowest BCUT2D eigenvalue weighted by Gasteiger charge is -2.22. The smallest absolute Gasteiger partial charge is 0.340 e. The monoisotopic (exact) mass is 229 g/mol. The summed E-state index contributed by atoms with van der Waals surface area (Å²) in [5.41, 5.74) is 5.86. The molecule has 0 aromatic heterocycles. The molecule has 0 fully saturated rings. The van der Waals surface area contributed by atoms with Crippen molar-refractivity contribution in [1.82, 2.24) is 0 Å². The summed E-state index contributed by atoms with van der Waals surface area (Å²) < 4.78 is 5.04. The van der Waals surface area contributed by atoms with E-state index >= 15 is 0 Å². The van der Waals surface area contributed by atoms with Crippen LogP contribution in [0.4, 0.5) is 0 Å². The second-order valence-corrected chi connectivity index (χ2v) is 3.30. The number of carbonyl (C=O) groups excluding carboxylic acids is 1. The highest BCUT2D eigenvalue weighted by Gasteiger charge is 2.41. The first kappa shape index (κ1) is 12.0. The Labute approximate surface area is 93.4 Å². The van der Waals surface area contributed by atoms with Crippen molar-refractivity contribution in [2.24, 2.45) is 5.73 Å². The highest BCUT2D eigenvalue weighted by molar-refractivity contribution is 5.94. The summed E-state index contributed by atoms with van der Waals surface area (Å²) in [5.74, 6) is -0.420. The Hall–Kier alpha value is -1.10. The van der Waals surface area contributed by atoms with E-state index in [4.69, 9.17) is 15.6 Å². The third kappa shape index (κ3) is 1.84. The van der Waals surface area contributed by atoms with Crippen LogP contribution in [0.1, 0.15) is 22.3 Å². The number of hydrogen-bond acceptors (Lipinski definition) is 4. The molecule has 82 valence electrons. The summed E-state index contributed by atoms with van der Waals surface area (Å²) in [6.45, 7) is -0.113. The van der Waals surface area contributed by atoms with Crippen LogP contribution in [0.25, 0.3) is 0 Å². The first-order chi connectivity index (χ1) is 6.67. The molecule has 0 bridgehead atoms. The second-order valence-electron chi connectivity index (χ2n) is 3.30. The molecule has 2 rings (SSSR count). The Morgan fingerprint density at radius 2 is 2.07 bits per heavy atom. The van der Waals surface area contributed by atoms with E-state index in [0.29, 0.717) is 11.1 Å². The number of rotatable bonds is 2. The molecule has 1 aliphatic rings. The molecule has 0 saturated heterocycles. The van der Waals surface area contributed by atoms with Crippen molar-refractivity contribution in [3.8, 4) is 0 Å². The highest BCUT2D eigenvalue weighted by Crippen LogP contribution is 2.34. The number of nitrogens with two attached hydrogens (primary N) is 1. The van der Waals surface area contributed by atoms with Crippen molar-refractivity contribution in [1.29, 1.82) is 0 Å². The fraction of sp³-hybridized carbons (Fsp3) is 0.300. The van der Waals surface area contributed by atoms with Crippen molar-refractivity contribution in [3.05, 3.63) is 35.4 Å². The van der Waals surface area contributed by atoms with Crippen LogP contribution in [-0.4, -0.2) is 17.7 Å². The topological polar surface area (TPSA) is 72.6 Å². The Morgan fingerprint density at radius 3 is 2.73 bits per heavy atom. The number of fused-ring (bicyclic) bond motifs is 1. The zero-order chi connectivity index (χ0) is 10.2. The third-order valence-electron chi connectivity index (χ3n) is 2.36. The number of hydrogen-bond donors (Lipinski definition) is 2. The number of benzene rings is 1. The fourth-order valence-corrected chi connectivity index (χ4v) is 1.66. The molecule has 0 saturated carbocycles. The Morgan fingerprint density at radius 1 is 1.40 bits per heavy atom. The van der Waals surface area contributed by atoms with E-state index in [9.17, 15) is 4.79 Å². The summed E-state index contributed by atoms with van der Waals surface area (Å²) >= 11 is 0. The molecular formula is C10H12ClNO3. The van der Waals surface area contributed by atoms with Crippen molar-refractivity contribution in [2.75, 3.05) is 6.61 Å². The lowest BCUT2D eigenvalue weighted by atomic mass is 9.98. The summed E-state index contributed by atoms with van der Waals surface area (Å²) in [7, 11) is 0. The van der Waals surface area contributed by atoms with Crippen LogP contribution in [0.15, 0.2) is 24.3 Å². The molecule has 0 aliphatic carbocycles. The molecule has 1 aromatic carbocycles. The van der Waals surface area contributed by atoms with Gasteiger partial charge in [0.05, 0.1) is 5.56 Å². The fourth-order valence-electron chi connectivity index (χ4n) is 1.66. The Kier molecular flexibility index (Phi) is 3.34. The summed E-state index contributed by atoms with van der Waals surface area (Å²) in [6, 6.07) is 6.96. The van der Waals surface area contributed by atoms with E-state index in [1.165, 1.54) is 0 Å². The number of halogens is 1. The van der Waals surface area contributed by atoms with Gasteiger partial charge in [-0.05, 0) is 6.07 Å². The van der Waals surface area contributed by atoms with Gasteiger partial charge in [0.25, 0.3) is 0 Å². The van der Waals surface area contributed by atoms with Crippen LogP contribution in [0, 0.1) is 0 Å². The molecule has 1 heterocycles. The maximum absolute atomic E-state index is 11.4. The number of carbonyl (C=O) groups is 1. The summed E-state index contributed by atoms with van der Waals surface area (Å²) in [4.78, 5) is 11.4. The third-order valence-corrected chi connectivity index (χ3v) is 2.36. The first-order valence-corrected chi connectivity index (χ1v) is 4.40. The van der Waals surface area contributed by atoms with Gasteiger partial charge in [0, 0.05) is 18.6 Å². The van der Waals surface area contributed by atoms with E-state index in [1.54, 1.807) is 24.3 Å². The normalized spacial score (nSPS) is 22.9. The quantitative estimate of drug-likeness (QED) is 0.735. The van der Waals surface area contributed by atoms with Crippen molar-refractivity contribution in [2.45, 2.75) is 12.1 Å². The first-order valence-electron chi connectivity index (χ1n) is 4.40. The van der Waals surface area contributed by atoms with Gasteiger partial charge >= 0.3 is 5.97 Å². The predicted octanol–water partition coefficient (Wildman–Crippen LogP) is 0.773. The summed E-state index contributed by atoms with van der Waals surface area (Å²) in [5, 5.41) is 8.83. The van der Waals surface area contributed by atoms with Gasteiger partial charge in [-0.15, -0.1) is 12.4 Å². The zero-order valence-electron chi connectivity index (χ0n) is 7.97. The minimum absolute atomic E-state index is 0. The molecular weight excluding hydrogens is 218 g/mol. The number of cyclic esters (lactones) is 1. The maximum Gasteiger partial charge on any atom is 0.340 e. The van der Waals surface area contributed by atoms with Crippen LogP contribution in [0.5, 0.6) is 0 Å². The molecule has 1 aromatic rings. The molecule has 4 nitrogen and oxygen atoms in total. The van der Waals surface area contributed by atoms with Gasteiger partial charge in [-0.25, -0.2) is 4.79 Å². The lowest BCUT2D eigenvalue weighted by Crippen LogP contribution is -2.37. The number of esters is 1. The average molecular weight is 230 g/mol. The minimum atomic E-state index is -1.15. The number of ether oxygens (including phenoxy) is 1. The van der Waals surface area contributed by atoms with E-state index in [1.807, 2.05) is 0 Å². The number of aliphatic hydroxyl groups excluding tert-OH is 1. The van der Waals surface area contributed by atoms with Gasteiger partial charge in [-0.1, -0.05) is 18.2 Å². The molecule has 0 radical (unpaired) electrons. The van der Waals surface area contributed by atoms with Crippen LogP contribution in [0.2, 0.25) is 0 Å². The van der Waals surface area contributed by atoms with Gasteiger partial charge < -0.3 is 9.84 Å². The molecule has 0 spiro atoms. The minimum Gasteiger partial charge on any atom is -0.436 e. The lowest BCUT2D eigenvalue weighted by molar-refractivity contribution is -0.0167. The van der Waals surface area contributed by atoms with Gasteiger partial charge in [-0.3, -0.25) is 5.73 Å². The van der Waals surface area contributed by atoms with Gasteiger partial charge in [0.2, 0.25) is 0 Å². The Balaban J connectivity index is 0.00000112.